The van der Waals surface area contributed by atoms with E-state index in [2.05, 4.69) is 11.1 Å². The number of nitrogens with zero attached hydrogens (tertiary/aromatic N) is 1. The van der Waals surface area contributed by atoms with Crippen molar-refractivity contribution in [1.29, 1.82) is 0 Å². The molecule has 1 aliphatic carbocycles. The van der Waals surface area contributed by atoms with Crippen LogP contribution >= 0.6 is 0 Å². The van der Waals surface area contributed by atoms with Gasteiger partial charge in [-0.05, 0) is 42.4 Å². The summed E-state index contributed by atoms with van der Waals surface area (Å²) in [4.78, 5) is 4.09. The fraction of sp³-hybridized carbons (Fsp3) is 0.462. The minimum Gasteiger partial charge on any atom is -0.443 e. The van der Waals surface area contributed by atoms with Crippen molar-refractivity contribution >= 4 is 11.1 Å². The van der Waals surface area contributed by atoms with Crippen LogP contribution in [0.1, 0.15) is 24.8 Å². The van der Waals surface area contributed by atoms with Crippen LogP contribution < -0.4 is 0 Å². The topological polar surface area (TPSA) is 46.3 Å². The van der Waals surface area contributed by atoms with Crippen molar-refractivity contribution in [2.75, 3.05) is 6.61 Å². The van der Waals surface area contributed by atoms with Gasteiger partial charge >= 0.3 is 0 Å². The highest BCUT2D eigenvalue weighted by Gasteiger charge is 2.36. The monoisotopic (exact) mass is 217 g/mol. The molecule has 0 aliphatic heterocycles. The first-order valence-corrected chi connectivity index (χ1v) is 5.74. The van der Waals surface area contributed by atoms with Crippen LogP contribution in [0.4, 0.5) is 0 Å². The van der Waals surface area contributed by atoms with Crippen LogP contribution in [0, 0.1) is 5.41 Å². The number of oxazole rings is 1. The van der Waals surface area contributed by atoms with Crippen molar-refractivity contribution in [2.24, 2.45) is 5.41 Å². The van der Waals surface area contributed by atoms with Gasteiger partial charge in [-0.25, -0.2) is 4.98 Å². The Bertz CT molecular complexity index is 494. The SMILES string of the molecule is OCC1(Cc2ccc3ncoc3c2)CCC1. The summed E-state index contributed by atoms with van der Waals surface area (Å²) in [5.41, 5.74) is 3.10. The molecule has 1 heterocycles. The Labute approximate surface area is 94.1 Å². The second-order valence-corrected chi connectivity index (χ2v) is 4.84. The molecule has 0 radical (unpaired) electrons. The number of fused-ring (bicyclic) bond motifs is 1. The van der Waals surface area contributed by atoms with Crippen molar-refractivity contribution in [1.82, 2.24) is 4.98 Å². The van der Waals surface area contributed by atoms with E-state index in [-0.39, 0.29) is 5.41 Å². The summed E-state index contributed by atoms with van der Waals surface area (Å²) in [7, 11) is 0. The van der Waals surface area contributed by atoms with Crippen LogP contribution in [0.15, 0.2) is 29.0 Å². The lowest BCUT2D eigenvalue weighted by atomic mass is 9.66. The van der Waals surface area contributed by atoms with E-state index in [0.29, 0.717) is 6.61 Å². The summed E-state index contributed by atoms with van der Waals surface area (Å²) in [6.45, 7) is 0.293. The number of aromatic nitrogens is 1. The third kappa shape index (κ3) is 1.52. The zero-order valence-electron chi connectivity index (χ0n) is 9.15. The summed E-state index contributed by atoms with van der Waals surface area (Å²) in [5, 5.41) is 9.44. The maximum absolute atomic E-state index is 9.44. The molecule has 0 spiro atoms. The first kappa shape index (κ1) is 9.85. The van der Waals surface area contributed by atoms with Gasteiger partial charge < -0.3 is 9.52 Å². The minimum atomic E-state index is 0.133. The fourth-order valence-electron chi connectivity index (χ4n) is 2.51. The molecule has 0 saturated heterocycles. The predicted molar refractivity (Wildman–Crippen MR) is 61.1 cm³/mol. The van der Waals surface area contributed by atoms with Crippen molar-refractivity contribution < 1.29 is 9.52 Å². The number of rotatable bonds is 3. The molecule has 1 N–H and O–H groups in total. The maximum Gasteiger partial charge on any atom is 0.181 e. The van der Waals surface area contributed by atoms with E-state index in [4.69, 9.17) is 4.42 Å². The van der Waals surface area contributed by atoms with Crippen LogP contribution in [-0.4, -0.2) is 16.7 Å². The second kappa shape index (κ2) is 3.59. The minimum absolute atomic E-state index is 0.133. The normalized spacial score (nSPS) is 18.6. The highest BCUT2D eigenvalue weighted by Crippen LogP contribution is 2.43. The number of hydrogen-bond acceptors (Lipinski definition) is 3. The molecule has 3 nitrogen and oxygen atoms in total. The molecule has 3 rings (SSSR count). The molecular weight excluding hydrogens is 202 g/mol. The number of aliphatic hydroxyl groups excluding tert-OH is 1. The summed E-state index contributed by atoms with van der Waals surface area (Å²) in [6.07, 6.45) is 5.93. The van der Waals surface area contributed by atoms with E-state index in [1.807, 2.05) is 12.1 Å². The van der Waals surface area contributed by atoms with Crippen LogP contribution in [-0.2, 0) is 6.42 Å². The molecule has 3 heteroatoms. The number of hydrogen-bond donors (Lipinski definition) is 1. The van der Waals surface area contributed by atoms with Crippen LogP contribution in [0.3, 0.4) is 0 Å². The van der Waals surface area contributed by atoms with Gasteiger partial charge in [0.2, 0.25) is 0 Å². The Kier molecular flexibility index (Phi) is 2.21. The fourth-order valence-corrected chi connectivity index (χ4v) is 2.51. The van der Waals surface area contributed by atoms with E-state index in [1.54, 1.807) is 0 Å². The van der Waals surface area contributed by atoms with Gasteiger partial charge in [0.05, 0.1) is 0 Å². The molecule has 1 saturated carbocycles. The van der Waals surface area contributed by atoms with Gasteiger partial charge in [0.15, 0.2) is 12.0 Å². The first-order valence-electron chi connectivity index (χ1n) is 5.74. The Morgan fingerprint density at radius 3 is 2.94 bits per heavy atom. The van der Waals surface area contributed by atoms with Crippen molar-refractivity contribution in [3.05, 3.63) is 30.2 Å². The van der Waals surface area contributed by atoms with E-state index < -0.39 is 0 Å². The molecule has 1 fully saturated rings. The average molecular weight is 217 g/mol. The number of benzene rings is 1. The van der Waals surface area contributed by atoms with Crippen LogP contribution in [0.2, 0.25) is 0 Å². The summed E-state index contributed by atoms with van der Waals surface area (Å²) in [6, 6.07) is 6.11. The van der Waals surface area contributed by atoms with Gasteiger partial charge in [-0.2, -0.15) is 0 Å². The highest BCUT2D eigenvalue weighted by molar-refractivity contribution is 5.72. The lowest BCUT2D eigenvalue weighted by Gasteiger charge is -2.40. The second-order valence-electron chi connectivity index (χ2n) is 4.84. The summed E-state index contributed by atoms with van der Waals surface area (Å²) >= 11 is 0. The Morgan fingerprint density at radius 2 is 2.25 bits per heavy atom. The third-order valence-corrected chi connectivity index (χ3v) is 3.72. The predicted octanol–water partition coefficient (Wildman–Crippen LogP) is 2.53. The largest absolute Gasteiger partial charge is 0.443 e. The van der Waals surface area contributed by atoms with E-state index in [9.17, 15) is 5.11 Å². The van der Waals surface area contributed by atoms with Gasteiger partial charge in [0, 0.05) is 6.61 Å². The standard InChI is InChI=1S/C13H15NO2/c15-8-13(4-1-5-13)7-10-2-3-11-12(6-10)16-9-14-11/h2-3,6,9,15H,1,4-5,7-8H2. The zero-order valence-corrected chi connectivity index (χ0v) is 9.15. The first-order chi connectivity index (χ1) is 7.81. The lowest BCUT2D eigenvalue weighted by Crippen LogP contribution is -2.35. The van der Waals surface area contributed by atoms with Crippen molar-refractivity contribution in [3.63, 3.8) is 0 Å². The van der Waals surface area contributed by atoms with Crippen molar-refractivity contribution in [2.45, 2.75) is 25.7 Å². The molecule has 1 aromatic carbocycles. The molecule has 16 heavy (non-hydrogen) atoms. The van der Waals surface area contributed by atoms with E-state index >= 15 is 0 Å². The summed E-state index contributed by atoms with van der Waals surface area (Å²) < 4.78 is 5.28. The smallest absolute Gasteiger partial charge is 0.181 e. The molecule has 1 aliphatic rings. The quantitative estimate of drug-likeness (QED) is 0.859. The van der Waals surface area contributed by atoms with E-state index in [0.717, 1.165) is 30.4 Å². The van der Waals surface area contributed by atoms with Gasteiger partial charge in [-0.1, -0.05) is 12.5 Å². The molecule has 2 aromatic rings. The molecule has 0 unspecified atom stereocenters. The molecular formula is C13H15NO2. The van der Waals surface area contributed by atoms with E-state index in [1.165, 1.54) is 18.4 Å². The van der Waals surface area contributed by atoms with Gasteiger partial charge in [-0.15, -0.1) is 0 Å². The average Bonchev–Trinajstić information content (AvgIpc) is 2.70. The van der Waals surface area contributed by atoms with Gasteiger partial charge in [0.25, 0.3) is 0 Å². The third-order valence-electron chi connectivity index (χ3n) is 3.72. The lowest BCUT2D eigenvalue weighted by molar-refractivity contribution is 0.0450. The molecule has 0 amide bonds. The Hall–Kier alpha value is -1.35. The van der Waals surface area contributed by atoms with Crippen LogP contribution in [0.5, 0.6) is 0 Å². The number of aliphatic hydroxyl groups is 1. The zero-order chi connectivity index (χ0) is 11.0. The Balaban J connectivity index is 1.88. The van der Waals surface area contributed by atoms with Gasteiger partial charge in [0.1, 0.15) is 5.52 Å². The molecule has 1 aromatic heterocycles. The van der Waals surface area contributed by atoms with Crippen molar-refractivity contribution in [3.8, 4) is 0 Å². The molecule has 0 bridgehead atoms. The molecule has 84 valence electrons. The Morgan fingerprint density at radius 1 is 1.38 bits per heavy atom. The highest BCUT2D eigenvalue weighted by atomic mass is 16.3. The maximum atomic E-state index is 9.44. The molecule has 0 atom stereocenters. The van der Waals surface area contributed by atoms with Crippen LogP contribution in [0.25, 0.3) is 11.1 Å². The summed E-state index contributed by atoms with van der Waals surface area (Å²) in [5.74, 6) is 0. The van der Waals surface area contributed by atoms with Gasteiger partial charge in [-0.3, -0.25) is 0 Å².